The van der Waals surface area contributed by atoms with E-state index in [1.165, 1.54) is 7.11 Å². The van der Waals surface area contributed by atoms with Crippen LogP contribution in [-0.2, 0) is 0 Å². The second kappa shape index (κ2) is 5.17. The standard InChI is InChI=1S/C9H12F3N3O2/c1-5-7(14-4-15-8(5)17-2)13-3-6(16)9(10,11)12/h4,6,16H,3H2,1-2H3,(H,13,14,15). The maximum absolute atomic E-state index is 12.1. The molecule has 0 bridgehead atoms. The number of nitrogens with one attached hydrogen (secondary N) is 1. The smallest absolute Gasteiger partial charge is 0.416 e. The Hall–Kier alpha value is -1.57. The summed E-state index contributed by atoms with van der Waals surface area (Å²) >= 11 is 0. The number of hydrogen-bond acceptors (Lipinski definition) is 5. The summed E-state index contributed by atoms with van der Waals surface area (Å²) in [6, 6.07) is 0. The summed E-state index contributed by atoms with van der Waals surface area (Å²) in [5.74, 6) is 0.462. The predicted molar refractivity (Wildman–Crippen MR) is 53.9 cm³/mol. The summed E-state index contributed by atoms with van der Waals surface area (Å²) in [6.07, 6.45) is -5.94. The topological polar surface area (TPSA) is 67.3 Å². The molecule has 2 N–H and O–H groups in total. The van der Waals surface area contributed by atoms with Crippen molar-refractivity contribution < 1.29 is 23.0 Å². The van der Waals surface area contributed by atoms with Crippen LogP contribution in [0.5, 0.6) is 5.88 Å². The number of aromatic nitrogens is 2. The molecule has 17 heavy (non-hydrogen) atoms. The van der Waals surface area contributed by atoms with Crippen LogP contribution in [0.15, 0.2) is 6.33 Å². The van der Waals surface area contributed by atoms with Crippen LogP contribution >= 0.6 is 0 Å². The van der Waals surface area contributed by atoms with Gasteiger partial charge in [0.25, 0.3) is 0 Å². The van der Waals surface area contributed by atoms with Crippen molar-refractivity contribution in [2.24, 2.45) is 0 Å². The lowest BCUT2D eigenvalue weighted by molar-refractivity contribution is -0.198. The van der Waals surface area contributed by atoms with Gasteiger partial charge in [-0.3, -0.25) is 0 Å². The zero-order chi connectivity index (χ0) is 13.1. The Morgan fingerprint density at radius 3 is 2.65 bits per heavy atom. The van der Waals surface area contributed by atoms with Crippen molar-refractivity contribution in [2.75, 3.05) is 19.0 Å². The highest BCUT2D eigenvalue weighted by Gasteiger charge is 2.37. The molecule has 1 atom stereocenters. The zero-order valence-corrected chi connectivity index (χ0v) is 9.25. The normalized spacial score (nSPS) is 13.3. The average Bonchev–Trinajstić information content (AvgIpc) is 2.26. The number of anilines is 1. The fraction of sp³-hybridized carbons (Fsp3) is 0.556. The van der Waals surface area contributed by atoms with E-state index >= 15 is 0 Å². The number of ether oxygens (including phenoxy) is 1. The molecule has 0 aliphatic carbocycles. The van der Waals surface area contributed by atoms with Crippen LogP contribution in [0.25, 0.3) is 0 Å². The summed E-state index contributed by atoms with van der Waals surface area (Å²) < 4.78 is 41.0. The summed E-state index contributed by atoms with van der Waals surface area (Å²) in [4.78, 5) is 7.54. The molecule has 96 valence electrons. The van der Waals surface area contributed by atoms with Crippen LogP contribution in [0.4, 0.5) is 19.0 Å². The minimum atomic E-state index is -4.65. The molecule has 1 aromatic rings. The quantitative estimate of drug-likeness (QED) is 0.839. The first-order valence-electron chi connectivity index (χ1n) is 4.70. The highest BCUT2D eigenvalue weighted by molar-refractivity contribution is 5.47. The fourth-order valence-corrected chi connectivity index (χ4v) is 1.13. The zero-order valence-electron chi connectivity index (χ0n) is 9.25. The average molecular weight is 251 g/mol. The molecule has 0 saturated heterocycles. The number of aliphatic hydroxyl groups excluding tert-OH is 1. The van der Waals surface area contributed by atoms with Crippen LogP contribution in [0.2, 0.25) is 0 Å². The van der Waals surface area contributed by atoms with Gasteiger partial charge in [-0.1, -0.05) is 0 Å². The highest BCUT2D eigenvalue weighted by atomic mass is 19.4. The molecule has 1 rings (SSSR count). The van der Waals surface area contributed by atoms with Gasteiger partial charge < -0.3 is 15.2 Å². The molecule has 0 aromatic carbocycles. The van der Waals surface area contributed by atoms with Crippen LogP contribution in [0, 0.1) is 6.92 Å². The molecule has 0 fully saturated rings. The van der Waals surface area contributed by atoms with Gasteiger partial charge >= 0.3 is 6.18 Å². The number of halogens is 3. The van der Waals surface area contributed by atoms with Gasteiger partial charge in [-0.15, -0.1) is 0 Å². The summed E-state index contributed by atoms with van der Waals surface area (Å²) in [6.45, 7) is 0.922. The predicted octanol–water partition coefficient (Wildman–Crippen LogP) is 1.13. The second-order valence-corrected chi connectivity index (χ2v) is 3.29. The number of rotatable bonds is 4. The highest BCUT2D eigenvalue weighted by Crippen LogP contribution is 2.22. The third kappa shape index (κ3) is 3.45. The Balaban J connectivity index is 2.70. The van der Waals surface area contributed by atoms with Gasteiger partial charge in [0.05, 0.1) is 19.2 Å². The van der Waals surface area contributed by atoms with Crippen LogP contribution in [0.1, 0.15) is 5.56 Å². The molecule has 0 aliphatic rings. The molecule has 0 saturated carbocycles. The van der Waals surface area contributed by atoms with Crippen molar-refractivity contribution in [2.45, 2.75) is 19.2 Å². The van der Waals surface area contributed by atoms with Gasteiger partial charge in [0.15, 0.2) is 6.10 Å². The van der Waals surface area contributed by atoms with E-state index in [0.29, 0.717) is 5.56 Å². The SMILES string of the molecule is COc1ncnc(NCC(O)C(F)(F)F)c1C. The number of methoxy groups -OCH3 is 1. The molecule has 1 heterocycles. The Bertz CT molecular complexity index is 384. The van der Waals surface area contributed by atoms with Crippen molar-refractivity contribution >= 4 is 5.82 Å². The summed E-state index contributed by atoms with van der Waals surface area (Å²) in [5.41, 5.74) is 0.476. The van der Waals surface area contributed by atoms with E-state index in [0.717, 1.165) is 6.33 Å². The van der Waals surface area contributed by atoms with E-state index in [2.05, 4.69) is 15.3 Å². The molecular weight excluding hydrogens is 239 g/mol. The Morgan fingerprint density at radius 2 is 2.12 bits per heavy atom. The summed E-state index contributed by atoms with van der Waals surface area (Å²) in [5, 5.41) is 11.2. The van der Waals surface area contributed by atoms with Gasteiger partial charge in [-0.2, -0.15) is 13.2 Å². The monoisotopic (exact) mass is 251 g/mol. The van der Waals surface area contributed by atoms with E-state index in [1.807, 2.05) is 0 Å². The van der Waals surface area contributed by atoms with Crippen LogP contribution in [0.3, 0.4) is 0 Å². The lowest BCUT2D eigenvalue weighted by atomic mass is 10.3. The molecule has 0 amide bonds. The molecule has 0 spiro atoms. The van der Waals surface area contributed by atoms with Crippen molar-refractivity contribution in [3.05, 3.63) is 11.9 Å². The Morgan fingerprint density at radius 1 is 1.47 bits per heavy atom. The summed E-state index contributed by atoms with van der Waals surface area (Å²) in [7, 11) is 1.39. The third-order valence-electron chi connectivity index (χ3n) is 2.07. The van der Waals surface area contributed by atoms with Crippen LogP contribution < -0.4 is 10.1 Å². The lowest BCUT2D eigenvalue weighted by Crippen LogP contribution is -2.35. The van der Waals surface area contributed by atoms with Crippen molar-refractivity contribution in [3.8, 4) is 5.88 Å². The lowest BCUT2D eigenvalue weighted by Gasteiger charge is -2.16. The fourth-order valence-electron chi connectivity index (χ4n) is 1.13. The molecule has 5 nitrogen and oxygen atoms in total. The van der Waals surface area contributed by atoms with Gasteiger partial charge in [0, 0.05) is 0 Å². The van der Waals surface area contributed by atoms with Crippen molar-refractivity contribution in [1.82, 2.24) is 9.97 Å². The number of nitrogens with zero attached hydrogens (tertiary/aromatic N) is 2. The minimum absolute atomic E-state index is 0.195. The van der Waals surface area contributed by atoms with E-state index in [1.54, 1.807) is 6.92 Å². The van der Waals surface area contributed by atoms with Gasteiger partial charge in [-0.05, 0) is 6.92 Å². The third-order valence-corrected chi connectivity index (χ3v) is 2.07. The number of hydrogen-bond donors (Lipinski definition) is 2. The first-order chi connectivity index (χ1) is 7.86. The molecule has 0 radical (unpaired) electrons. The largest absolute Gasteiger partial charge is 0.481 e. The van der Waals surface area contributed by atoms with E-state index in [9.17, 15) is 13.2 Å². The number of aliphatic hydroxyl groups is 1. The maximum Gasteiger partial charge on any atom is 0.416 e. The van der Waals surface area contributed by atoms with Gasteiger partial charge in [0.2, 0.25) is 5.88 Å². The molecular formula is C9H12F3N3O2. The van der Waals surface area contributed by atoms with E-state index < -0.39 is 18.8 Å². The van der Waals surface area contributed by atoms with Crippen molar-refractivity contribution in [3.63, 3.8) is 0 Å². The molecule has 1 unspecified atom stereocenters. The first kappa shape index (κ1) is 13.5. The van der Waals surface area contributed by atoms with Crippen LogP contribution in [-0.4, -0.2) is 41.0 Å². The second-order valence-electron chi connectivity index (χ2n) is 3.29. The molecule has 8 heteroatoms. The van der Waals surface area contributed by atoms with Gasteiger partial charge in [-0.25, -0.2) is 9.97 Å². The minimum Gasteiger partial charge on any atom is -0.481 e. The molecule has 0 aliphatic heterocycles. The Kier molecular flexibility index (Phi) is 4.11. The number of alkyl halides is 3. The molecule has 1 aromatic heterocycles. The van der Waals surface area contributed by atoms with E-state index in [4.69, 9.17) is 9.84 Å². The Labute approximate surface area is 95.6 Å². The van der Waals surface area contributed by atoms with E-state index in [-0.39, 0.29) is 11.7 Å². The van der Waals surface area contributed by atoms with Crippen molar-refractivity contribution in [1.29, 1.82) is 0 Å². The van der Waals surface area contributed by atoms with Gasteiger partial charge in [0.1, 0.15) is 12.1 Å². The maximum atomic E-state index is 12.1. The first-order valence-corrected chi connectivity index (χ1v) is 4.70.